The third kappa shape index (κ3) is 3.78. The summed E-state index contributed by atoms with van der Waals surface area (Å²) in [5.74, 6) is 1.03. The lowest BCUT2D eigenvalue weighted by Crippen LogP contribution is -2.23. The highest BCUT2D eigenvalue weighted by Gasteiger charge is 2.17. The summed E-state index contributed by atoms with van der Waals surface area (Å²) in [5, 5.41) is 12.3. The van der Waals surface area contributed by atoms with Gasteiger partial charge >= 0.3 is 0 Å². The second-order valence-corrected chi connectivity index (χ2v) is 7.04. The van der Waals surface area contributed by atoms with Gasteiger partial charge in [0.25, 0.3) is 5.91 Å². The van der Waals surface area contributed by atoms with Crippen molar-refractivity contribution >= 4 is 12.0 Å². The summed E-state index contributed by atoms with van der Waals surface area (Å²) < 4.78 is 12.9. The lowest BCUT2D eigenvalue weighted by molar-refractivity contribution is -0.117. The minimum absolute atomic E-state index is 0.0665. The van der Waals surface area contributed by atoms with Crippen molar-refractivity contribution in [2.75, 3.05) is 6.79 Å². The molecule has 0 aliphatic carbocycles. The van der Waals surface area contributed by atoms with Gasteiger partial charge in [0.15, 0.2) is 11.5 Å². The molecule has 2 aromatic carbocycles. The Morgan fingerprint density at radius 1 is 1.13 bits per heavy atom. The molecule has 1 N–H and O–H groups in total. The van der Waals surface area contributed by atoms with E-state index in [2.05, 4.69) is 9.88 Å². The number of nitrogens with zero attached hydrogens (tertiary/aromatic N) is 2. The van der Waals surface area contributed by atoms with Gasteiger partial charge in [-0.15, -0.1) is 0 Å². The van der Waals surface area contributed by atoms with Crippen molar-refractivity contribution in [1.82, 2.24) is 9.88 Å². The second-order valence-electron chi connectivity index (χ2n) is 7.04. The third-order valence-corrected chi connectivity index (χ3v) is 5.05. The molecule has 6 heteroatoms. The van der Waals surface area contributed by atoms with Crippen molar-refractivity contribution in [1.29, 1.82) is 5.26 Å². The number of aryl methyl sites for hydroxylation is 1. The lowest BCUT2D eigenvalue weighted by atomic mass is 10.1. The van der Waals surface area contributed by atoms with Crippen LogP contribution in [0.4, 0.5) is 0 Å². The molecule has 0 spiro atoms. The number of amides is 1. The van der Waals surface area contributed by atoms with Crippen LogP contribution < -0.4 is 14.8 Å². The molecular formula is C24H21N3O3. The maximum Gasteiger partial charge on any atom is 0.262 e. The number of ether oxygens (including phenoxy) is 2. The number of benzene rings is 2. The molecular weight excluding hydrogens is 378 g/mol. The van der Waals surface area contributed by atoms with Crippen LogP contribution in [0.25, 0.3) is 11.8 Å². The van der Waals surface area contributed by atoms with E-state index in [9.17, 15) is 10.1 Å². The Balaban J connectivity index is 1.59. The standard InChI is InChI=1S/C24H21N3O3/c1-16-10-19(11-20(13-25)24(28)26-14-18-6-4-3-5-7-18)17(2)27(16)21-8-9-22-23(12-21)30-15-29-22/h3-12H,14-15H2,1-2H3,(H,26,28)/b20-11+. The average molecular weight is 399 g/mol. The second kappa shape index (κ2) is 8.18. The molecule has 0 saturated carbocycles. The van der Waals surface area contributed by atoms with E-state index in [-0.39, 0.29) is 12.4 Å². The molecule has 0 radical (unpaired) electrons. The summed E-state index contributed by atoms with van der Waals surface area (Å²) in [5.41, 5.74) is 4.70. The molecule has 4 rings (SSSR count). The van der Waals surface area contributed by atoms with Crippen LogP contribution in [-0.4, -0.2) is 17.3 Å². The number of rotatable bonds is 5. The first-order valence-electron chi connectivity index (χ1n) is 9.59. The number of nitrogens with one attached hydrogen (secondary N) is 1. The van der Waals surface area contributed by atoms with Crippen LogP contribution >= 0.6 is 0 Å². The molecule has 0 fully saturated rings. The van der Waals surface area contributed by atoms with Crippen molar-refractivity contribution < 1.29 is 14.3 Å². The SMILES string of the molecule is Cc1cc(/C=C(\C#N)C(=O)NCc2ccccc2)c(C)n1-c1ccc2c(c1)OCO2. The Hall–Kier alpha value is -3.98. The molecule has 6 nitrogen and oxygen atoms in total. The Labute approximate surface area is 175 Å². The molecule has 0 bridgehead atoms. The number of hydrogen-bond donors (Lipinski definition) is 1. The van der Waals surface area contributed by atoms with E-state index in [1.165, 1.54) is 0 Å². The van der Waals surface area contributed by atoms with E-state index in [4.69, 9.17) is 9.47 Å². The monoisotopic (exact) mass is 399 g/mol. The molecule has 0 unspecified atom stereocenters. The molecule has 150 valence electrons. The fourth-order valence-electron chi connectivity index (χ4n) is 3.53. The zero-order chi connectivity index (χ0) is 21.1. The Kier molecular flexibility index (Phi) is 5.27. The number of aromatic nitrogens is 1. The van der Waals surface area contributed by atoms with Crippen LogP contribution in [0.5, 0.6) is 11.5 Å². The van der Waals surface area contributed by atoms with Crippen LogP contribution in [-0.2, 0) is 11.3 Å². The maximum absolute atomic E-state index is 12.5. The number of hydrogen-bond acceptors (Lipinski definition) is 4. The zero-order valence-corrected chi connectivity index (χ0v) is 16.8. The maximum atomic E-state index is 12.5. The van der Waals surface area contributed by atoms with Crippen molar-refractivity contribution in [2.24, 2.45) is 0 Å². The molecule has 2 heterocycles. The summed E-state index contributed by atoms with van der Waals surface area (Å²) in [6.07, 6.45) is 1.63. The van der Waals surface area contributed by atoms with Gasteiger partial charge in [-0.05, 0) is 49.2 Å². The largest absolute Gasteiger partial charge is 0.454 e. The number of nitriles is 1. The third-order valence-electron chi connectivity index (χ3n) is 5.05. The minimum Gasteiger partial charge on any atom is -0.454 e. The number of carbonyl (C=O) groups excluding carboxylic acids is 1. The van der Waals surface area contributed by atoms with E-state index in [1.807, 2.05) is 74.5 Å². The van der Waals surface area contributed by atoms with Crippen molar-refractivity contribution in [3.63, 3.8) is 0 Å². The van der Waals surface area contributed by atoms with Gasteiger partial charge in [0.1, 0.15) is 11.6 Å². The first-order chi connectivity index (χ1) is 14.6. The van der Waals surface area contributed by atoms with Crippen molar-refractivity contribution in [3.05, 3.63) is 82.7 Å². The Morgan fingerprint density at radius 2 is 1.90 bits per heavy atom. The first-order valence-corrected chi connectivity index (χ1v) is 9.59. The molecule has 30 heavy (non-hydrogen) atoms. The van der Waals surface area contributed by atoms with E-state index in [1.54, 1.807) is 6.08 Å². The van der Waals surface area contributed by atoms with Gasteiger partial charge in [0.2, 0.25) is 6.79 Å². The van der Waals surface area contributed by atoms with E-state index >= 15 is 0 Å². The lowest BCUT2D eigenvalue weighted by Gasteiger charge is -2.10. The number of fused-ring (bicyclic) bond motifs is 1. The van der Waals surface area contributed by atoms with Gasteiger partial charge in [-0.2, -0.15) is 5.26 Å². The van der Waals surface area contributed by atoms with E-state index < -0.39 is 5.91 Å². The summed E-state index contributed by atoms with van der Waals surface area (Å²) in [6, 6.07) is 19.3. The summed E-state index contributed by atoms with van der Waals surface area (Å²) in [6.45, 7) is 4.53. The quantitative estimate of drug-likeness (QED) is 0.519. The molecule has 0 saturated heterocycles. The predicted octanol–water partition coefficient (Wildman–Crippen LogP) is 4.05. The zero-order valence-electron chi connectivity index (χ0n) is 16.8. The summed E-state index contributed by atoms with van der Waals surface area (Å²) >= 11 is 0. The average Bonchev–Trinajstić information content (AvgIpc) is 3.34. The fraction of sp³-hybridized carbons (Fsp3) is 0.167. The highest BCUT2D eigenvalue weighted by molar-refractivity contribution is 6.01. The molecule has 3 aromatic rings. The molecule has 0 atom stereocenters. The minimum atomic E-state index is -0.394. The van der Waals surface area contributed by atoms with Crippen molar-refractivity contribution in [3.8, 4) is 23.3 Å². The molecule has 1 aliphatic rings. The van der Waals surface area contributed by atoms with Gasteiger partial charge < -0.3 is 19.4 Å². The predicted molar refractivity (Wildman–Crippen MR) is 113 cm³/mol. The van der Waals surface area contributed by atoms with Gasteiger partial charge in [-0.25, -0.2) is 0 Å². The molecule has 1 aliphatic heterocycles. The van der Waals surface area contributed by atoms with Crippen LogP contribution in [0.1, 0.15) is 22.5 Å². The van der Waals surface area contributed by atoms with Crippen LogP contribution in [0.3, 0.4) is 0 Å². The van der Waals surface area contributed by atoms with Crippen LogP contribution in [0.15, 0.2) is 60.2 Å². The van der Waals surface area contributed by atoms with Gasteiger partial charge in [-0.1, -0.05) is 30.3 Å². The molecule has 1 amide bonds. The summed E-state index contributed by atoms with van der Waals surface area (Å²) in [4.78, 5) is 12.5. The Bertz CT molecular complexity index is 1170. The summed E-state index contributed by atoms with van der Waals surface area (Å²) in [7, 11) is 0. The Morgan fingerprint density at radius 3 is 2.67 bits per heavy atom. The van der Waals surface area contributed by atoms with Gasteiger partial charge in [0, 0.05) is 29.7 Å². The fourth-order valence-corrected chi connectivity index (χ4v) is 3.53. The van der Waals surface area contributed by atoms with E-state index in [0.29, 0.717) is 12.3 Å². The highest BCUT2D eigenvalue weighted by Crippen LogP contribution is 2.35. The smallest absolute Gasteiger partial charge is 0.262 e. The van der Waals surface area contributed by atoms with Gasteiger partial charge in [0.05, 0.1) is 0 Å². The first kappa shape index (κ1) is 19.3. The normalized spacial score (nSPS) is 12.5. The van der Waals surface area contributed by atoms with E-state index in [0.717, 1.165) is 34.0 Å². The molecule has 1 aromatic heterocycles. The van der Waals surface area contributed by atoms with Gasteiger partial charge in [-0.3, -0.25) is 4.79 Å². The highest BCUT2D eigenvalue weighted by atomic mass is 16.7. The topological polar surface area (TPSA) is 76.3 Å². The van der Waals surface area contributed by atoms with Crippen molar-refractivity contribution in [2.45, 2.75) is 20.4 Å². The number of carbonyl (C=O) groups is 1. The van der Waals surface area contributed by atoms with Crippen LogP contribution in [0.2, 0.25) is 0 Å². The van der Waals surface area contributed by atoms with Crippen LogP contribution in [0, 0.1) is 25.2 Å².